The van der Waals surface area contributed by atoms with E-state index in [1.807, 2.05) is 0 Å². The lowest BCUT2D eigenvalue weighted by Crippen LogP contribution is -2.30. The summed E-state index contributed by atoms with van der Waals surface area (Å²) in [5, 5.41) is 14.7. The monoisotopic (exact) mass is 273 g/mol. The van der Waals surface area contributed by atoms with Crippen LogP contribution >= 0.6 is 0 Å². The highest BCUT2D eigenvalue weighted by Crippen LogP contribution is 2.31. The third-order valence-corrected chi connectivity index (χ3v) is 4.75. The number of rotatable bonds is 5. The maximum atomic E-state index is 12.2. The normalized spacial score (nSPS) is 16.2. The predicted molar refractivity (Wildman–Crippen MR) is 62.8 cm³/mol. The summed E-state index contributed by atoms with van der Waals surface area (Å²) in [6.45, 7) is 1.89. The fraction of sp³-hybridized carbons (Fsp3) is 0.600. The predicted octanol–water partition coefficient (Wildman–Crippen LogP) is 0.447. The zero-order valence-electron chi connectivity index (χ0n) is 10.2. The summed E-state index contributed by atoms with van der Waals surface area (Å²) < 4.78 is 25.6. The second-order valence-corrected chi connectivity index (χ2v) is 6.52. The summed E-state index contributed by atoms with van der Waals surface area (Å²) in [7, 11) is -2.39. The molecule has 100 valence electrons. The van der Waals surface area contributed by atoms with Crippen molar-refractivity contribution in [1.29, 1.82) is 0 Å². The summed E-state index contributed by atoms with van der Waals surface area (Å²) in [5.74, 6) is -0.905. The molecule has 1 fully saturated rings. The van der Waals surface area contributed by atoms with Crippen molar-refractivity contribution in [3.8, 4) is 0 Å². The zero-order chi connectivity index (χ0) is 13.5. The van der Waals surface area contributed by atoms with Gasteiger partial charge in [0.1, 0.15) is 5.56 Å². The molecule has 0 radical (unpaired) electrons. The summed E-state index contributed by atoms with van der Waals surface area (Å²) >= 11 is 0. The summed E-state index contributed by atoms with van der Waals surface area (Å²) in [6, 6.07) is 0. The van der Waals surface area contributed by atoms with E-state index in [0.29, 0.717) is 12.5 Å². The van der Waals surface area contributed by atoms with Crippen molar-refractivity contribution in [3.05, 3.63) is 11.3 Å². The molecular weight excluding hydrogens is 258 g/mol. The third kappa shape index (κ3) is 2.25. The van der Waals surface area contributed by atoms with Gasteiger partial charge in [0.15, 0.2) is 0 Å². The molecule has 7 nitrogen and oxygen atoms in total. The van der Waals surface area contributed by atoms with Gasteiger partial charge in [0.25, 0.3) is 10.0 Å². The number of H-pyrrole nitrogens is 1. The Kier molecular flexibility index (Phi) is 3.16. The van der Waals surface area contributed by atoms with Crippen molar-refractivity contribution in [2.75, 3.05) is 13.6 Å². The lowest BCUT2D eigenvalue weighted by molar-refractivity contribution is 0.0691. The first kappa shape index (κ1) is 13.0. The van der Waals surface area contributed by atoms with Gasteiger partial charge in [-0.2, -0.15) is 9.40 Å². The Balaban J connectivity index is 2.37. The van der Waals surface area contributed by atoms with Crippen LogP contribution in [0.3, 0.4) is 0 Å². The second-order valence-electron chi connectivity index (χ2n) is 4.56. The lowest BCUT2D eigenvalue weighted by atomic mass is 10.3. The average Bonchev–Trinajstić information content (AvgIpc) is 2.98. The number of sulfonamides is 1. The maximum absolute atomic E-state index is 12.2. The van der Waals surface area contributed by atoms with Crippen molar-refractivity contribution in [1.82, 2.24) is 14.5 Å². The number of hydrogen-bond donors (Lipinski definition) is 2. The number of nitrogens with zero attached hydrogens (tertiary/aromatic N) is 2. The molecule has 1 aromatic rings. The van der Waals surface area contributed by atoms with E-state index in [2.05, 4.69) is 10.2 Å². The Bertz CT molecular complexity index is 574. The van der Waals surface area contributed by atoms with E-state index >= 15 is 0 Å². The Labute approximate surface area is 105 Å². The van der Waals surface area contributed by atoms with Crippen molar-refractivity contribution in [2.45, 2.75) is 24.8 Å². The number of carboxylic acids is 1. The largest absolute Gasteiger partial charge is 0.478 e. The van der Waals surface area contributed by atoms with E-state index in [1.54, 1.807) is 0 Å². The summed E-state index contributed by atoms with van der Waals surface area (Å²) in [4.78, 5) is 11.1. The third-order valence-electron chi connectivity index (χ3n) is 2.99. The molecule has 2 N–H and O–H groups in total. The molecule has 1 aliphatic rings. The maximum Gasteiger partial charge on any atom is 0.340 e. The highest BCUT2D eigenvalue weighted by molar-refractivity contribution is 7.89. The smallest absolute Gasteiger partial charge is 0.340 e. The van der Waals surface area contributed by atoms with Crippen LogP contribution in [0.4, 0.5) is 0 Å². The van der Waals surface area contributed by atoms with E-state index in [0.717, 1.165) is 12.8 Å². The van der Waals surface area contributed by atoms with Gasteiger partial charge in [0.05, 0.1) is 0 Å². The van der Waals surface area contributed by atoms with E-state index < -0.39 is 21.0 Å². The molecule has 0 saturated heterocycles. The fourth-order valence-electron chi connectivity index (χ4n) is 1.76. The zero-order valence-corrected chi connectivity index (χ0v) is 11.0. The van der Waals surface area contributed by atoms with Crippen LogP contribution in [0.1, 0.15) is 28.9 Å². The molecule has 18 heavy (non-hydrogen) atoms. The molecule has 0 aliphatic heterocycles. The van der Waals surface area contributed by atoms with E-state index in [9.17, 15) is 13.2 Å². The van der Waals surface area contributed by atoms with Crippen molar-refractivity contribution in [3.63, 3.8) is 0 Å². The second kappa shape index (κ2) is 4.36. The molecule has 0 spiro atoms. The molecule has 0 atom stereocenters. The first-order valence-corrected chi connectivity index (χ1v) is 7.02. The quantitative estimate of drug-likeness (QED) is 0.810. The minimum Gasteiger partial charge on any atom is -0.478 e. The van der Waals surface area contributed by atoms with Gasteiger partial charge in [0, 0.05) is 19.3 Å². The number of carboxylic acid groups (broad SMARTS) is 1. The van der Waals surface area contributed by atoms with Crippen LogP contribution in [0.5, 0.6) is 0 Å². The molecule has 0 unspecified atom stereocenters. The topological polar surface area (TPSA) is 103 Å². The summed E-state index contributed by atoms with van der Waals surface area (Å²) in [6.07, 6.45) is 2.04. The fourth-order valence-corrected chi connectivity index (χ4v) is 3.12. The van der Waals surface area contributed by atoms with Gasteiger partial charge in [-0.25, -0.2) is 13.2 Å². The van der Waals surface area contributed by atoms with Gasteiger partial charge < -0.3 is 5.11 Å². The van der Waals surface area contributed by atoms with Crippen LogP contribution < -0.4 is 0 Å². The van der Waals surface area contributed by atoms with Gasteiger partial charge in [-0.05, 0) is 25.7 Å². The van der Waals surface area contributed by atoms with Crippen LogP contribution in [-0.2, 0) is 10.0 Å². The van der Waals surface area contributed by atoms with Crippen LogP contribution in [0.2, 0.25) is 0 Å². The number of carbonyl (C=O) groups is 1. The minimum atomic E-state index is -3.84. The van der Waals surface area contributed by atoms with Gasteiger partial charge in [-0.1, -0.05) is 0 Å². The molecule has 0 bridgehead atoms. The Hall–Kier alpha value is -1.41. The Morgan fingerprint density at radius 1 is 1.56 bits per heavy atom. The van der Waals surface area contributed by atoms with E-state index in [1.165, 1.54) is 18.3 Å². The van der Waals surface area contributed by atoms with Crippen LogP contribution in [0, 0.1) is 12.8 Å². The van der Waals surface area contributed by atoms with Crippen LogP contribution in [-0.4, -0.2) is 47.6 Å². The molecule has 1 aliphatic carbocycles. The average molecular weight is 273 g/mol. The van der Waals surface area contributed by atoms with Crippen molar-refractivity contribution in [2.24, 2.45) is 5.92 Å². The lowest BCUT2D eigenvalue weighted by Gasteiger charge is -2.15. The SMILES string of the molecule is Cc1[nH]nc(S(=O)(=O)N(C)CC2CC2)c1C(=O)O. The molecule has 1 heterocycles. The number of aryl methyl sites for hydroxylation is 1. The van der Waals surface area contributed by atoms with Crippen LogP contribution in [0.25, 0.3) is 0 Å². The Morgan fingerprint density at radius 3 is 2.67 bits per heavy atom. The number of nitrogens with one attached hydrogen (secondary N) is 1. The first-order chi connectivity index (χ1) is 8.34. The molecular formula is C10H15N3O4S. The van der Waals surface area contributed by atoms with Gasteiger partial charge in [0.2, 0.25) is 5.03 Å². The molecule has 8 heteroatoms. The molecule has 2 rings (SSSR count). The highest BCUT2D eigenvalue weighted by Gasteiger charge is 2.34. The van der Waals surface area contributed by atoms with Crippen molar-refractivity contribution >= 4 is 16.0 Å². The molecule has 0 aromatic carbocycles. The highest BCUT2D eigenvalue weighted by atomic mass is 32.2. The number of aromatic carboxylic acids is 1. The van der Waals surface area contributed by atoms with E-state index in [4.69, 9.17) is 5.11 Å². The molecule has 1 saturated carbocycles. The van der Waals surface area contributed by atoms with Gasteiger partial charge in [-0.15, -0.1) is 0 Å². The number of aromatic nitrogens is 2. The number of aromatic amines is 1. The minimum absolute atomic E-state index is 0.237. The van der Waals surface area contributed by atoms with E-state index in [-0.39, 0.29) is 11.3 Å². The van der Waals surface area contributed by atoms with Gasteiger partial charge in [-0.3, -0.25) is 5.10 Å². The molecule has 0 amide bonds. The summed E-state index contributed by atoms with van der Waals surface area (Å²) in [5.41, 5.74) is -0.0430. The Morgan fingerprint density at radius 2 is 2.17 bits per heavy atom. The van der Waals surface area contributed by atoms with Gasteiger partial charge >= 0.3 is 5.97 Å². The number of hydrogen-bond acceptors (Lipinski definition) is 4. The van der Waals surface area contributed by atoms with Crippen LogP contribution in [0.15, 0.2) is 5.03 Å². The standard InChI is InChI=1S/C10H15N3O4S/c1-6-8(10(14)15)9(12-11-6)18(16,17)13(2)5-7-3-4-7/h7H,3-5H2,1-2H3,(H,11,12)(H,14,15). The molecule has 1 aromatic heterocycles. The first-order valence-electron chi connectivity index (χ1n) is 5.58. The van der Waals surface area contributed by atoms with Crippen molar-refractivity contribution < 1.29 is 18.3 Å².